The number of aryl methyl sites for hydroxylation is 2. The van der Waals surface area contributed by atoms with E-state index in [-0.39, 0.29) is 0 Å². The Morgan fingerprint density at radius 2 is 2.10 bits per heavy atom. The highest BCUT2D eigenvalue weighted by atomic mass is 35.5. The second kappa shape index (κ2) is 7.09. The van der Waals surface area contributed by atoms with E-state index < -0.39 is 0 Å². The fraction of sp³-hybridized carbons (Fsp3) is 0.600. The molecular weight excluding hydrogens is 286 g/mol. The molecule has 0 aliphatic rings. The van der Waals surface area contributed by atoms with Gasteiger partial charge in [-0.2, -0.15) is 10.2 Å². The molecule has 0 aliphatic carbocycles. The minimum Gasteiger partial charge on any atom is -0.311 e. The van der Waals surface area contributed by atoms with E-state index in [1.165, 1.54) is 0 Å². The number of hydrogen-bond acceptors (Lipinski definition) is 3. The van der Waals surface area contributed by atoms with E-state index in [0.717, 1.165) is 41.7 Å². The number of aromatic nitrogens is 4. The molecule has 0 amide bonds. The topological polar surface area (TPSA) is 47.7 Å². The molecule has 2 aromatic heterocycles. The summed E-state index contributed by atoms with van der Waals surface area (Å²) in [7, 11) is 0. The van der Waals surface area contributed by atoms with Gasteiger partial charge in [0, 0.05) is 19.3 Å². The Bertz CT molecular complexity index is 585. The normalized spacial score (nSPS) is 11.5. The lowest BCUT2D eigenvalue weighted by Crippen LogP contribution is -2.21. The minimum absolute atomic E-state index is 0.639. The van der Waals surface area contributed by atoms with Crippen LogP contribution in [0.4, 0.5) is 0 Å². The first kappa shape index (κ1) is 16.0. The van der Waals surface area contributed by atoms with Crippen LogP contribution in [0.25, 0.3) is 0 Å². The molecule has 0 bridgehead atoms. The Morgan fingerprint density at radius 3 is 2.76 bits per heavy atom. The van der Waals surface area contributed by atoms with Gasteiger partial charge in [-0.15, -0.1) is 0 Å². The van der Waals surface area contributed by atoms with Gasteiger partial charge < -0.3 is 5.32 Å². The van der Waals surface area contributed by atoms with Crippen LogP contribution in [0.15, 0.2) is 12.3 Å². The summed E-state index contributed by atoms with van der Waals surface area (Å²) in [5.74, 6) is 0.639. The van der Waals surface area contributed by atoms with Crippen LogP contribution < -0.4 is 5.32 Å². The number of nitrogens with zero attached hydrogens (tertiary/aromatic N) is 4. The van der Waals surface area contributed by atoms with Gasteiger partial charge in [0.05, 0.1) is 28.6 Å². The molecular formula is C15H24ClN5. The second-order valence-electron chi connectivity index (χ2n) is 5.67. The molecule has 0 fully saturated rings. The molecule has 2 rings (SSSR count). The lowest BCUT2D eigenvalue weighted by molar-refractivity contribution is 0.518. The molecule has 116 valence electrons. The number of rotatable bonds is 7. The van der Waals surface area contributed by atoms with E-state index in [4.69, 9.17) is 11.6 Å². The third-order valence-electron chi connectivity index (χ3n) is 3.42. The van der Waals surface area contributed by atoms with Gasteiger partial charge in [0.25, 0.3) is 0 Å². The van der Waals surface area contributed by atoms with Crippen molar-refractivity contribution in [2.24, 2.45) is 5.92 Å². The largest absolute Gasteiger partial charge is 0.311 e. The molecule has 0 unspecified atom stereocenters. The molecule has 21 heavy (non-hydrogen) atoms. The predicted molar refractivity (Wildman–Crippen MR) is 85.5 cm³/mol. The first-order valence-electron chi connectivity index (χ1n) is 7.46. The van der Waals surface area contributed by atoms with Crippen LogP contribution in [0.2, 0.25) is 5.02 Å². The van der Waals surface area contributed by atoms with Crippen LogP contribution in [0.5, 0.6) is 0 Å². The van der Waals surface area contributed by atoms with Gasteiger partial charge in [-0.05, 0) is 32.4 Å². The van der Waals surface area contributed by atoms with Crippen LogP contribution in [0.3, 0.4) is 0 Å². The first-order valence-corrected chi connectivity index (χ1v) is 7.83. The third-order valence-corrected chi connectivity index (χ3v) is 3.91. The molecule has 2 heterocycles. The molecule has 5 nitrogen and oxygen atoms in total. The second-order valence-corrected chi connectivity index (χ2v) is 6.04. The maximum Gasteiger partial charge on any atom is 0.0866 e. The zero-order valence-electron chi connectivity index (χ0n) is 13.2. The van der Waals surface area contributed by atoms with Crippen molar-refractivity contribution in [3.63, 3.8) is 0 Å². The van der Waals surface area contributed by atoms with E-state index in [1.807, 2.05) is 28.6 Å². The molecule has 0 saturated heterocycles. The summed E-state index contributed by atoms with van der Waals surface area (Å²) in [6.07, 6.45) is 1.83. The van der Waals surface area contributed by atoms with Gasteiger partial charge in [-0.3, -0.25) is 9.36 Å². The predicted octanol–water partition coefficient (Wildman–Crippen LogP) is 2.86. The van der Waals surface area contributed by atoms with Gasteiger partial charge >= 0.3 is 0 Å². The molecule has 2 aromatic rings. The molecule has 0 radical (unpaired) electrons. The van der Waals surface area contributed by atoms with Crippen LogP contribution in [0, 0.1) is 12.8 Å². The Balaban J connectivity index is 2.12. The highest BCUT2D eigenvalue weighted by Gasteiger charge is 2.14. The Labute approximate surface area is 131 Å². The highest BCUT2D eigenvalue weighted by molar-refractivity contribution is 6.31. The third kappa shape index (κ3) is 3.86. The van der Waals surface area contributed by atoms with Crippen molar-refractivity contribution in [2.45, 2.75) is 47.3 Å². The van der Waals surface area contributed by atoms with Gasteiger partial charge in [-0.1, -0.05) is 25.4 Å². The van der Waals surface area contributed by atoms with Gasteiger partial charge in [-0.25, -0.2) is 0 Å². The number of halogens is 1. The standard InChI is InChI=1S/C15H24ClN5/c1-5-20-14(15(16)12(4)19-20)10-21-13(6-7-18-21)9-17-8-11(2)3/h6-7,11,17H,5,8-10H2,1-4H3. The summed E-state index contributed by atoms with van der Waals surface area (Å²) in [4.78, 5) is 0. The van der Waals surface area contributed by atoms with Gasteiger partial charge in [0.15, 0.2) is 0 Å². The Hall–Kier alpha value is -1.33. The van der Waals surface area contributed by atoms with Crippen molar-refractivity contribution in [3.8, 4) is 0 Å². The van der Waals surface area contributed by atoms with Crippen LogP contribution >= 0.6 is 11.6 Å². The summed E-state index contributed by atoms with van der Waals surface area (Å²) in [6.45, 7) is 11.7. The molecule has 0 spiro atoms. The average molecular weight is 310 g/mol. The molecule has 0 atom stereocenters. The summed E-state index contributed by atoms with van der Waals surface area (Å²) in [6, 6.07) is 2.04. The van der Waals surface area contributed by atoms with Gasteiger partial charge in [0.2, 0.25) is 0 Å². The number of nitrogens with one attached hydrogen (secondary N) is 1. The van der Waals surface area contributed by atoms with E-state index >= 15 is 0 Å². The quantitative estimate of drug-likeness (QED) is 0.855. The van der Waals surface area contributed by atoms with E-state index in [1.54, 1.807) is 0 Å². The summed E-state index contributed by atoms with van der Waals surface area (Å²) in [5, 5.41) is 13.1. The Kier molecular flexibility index (Phi) is 5.42. The highest BCUT2D eigenvalue weighted by Crippen LogP contribution is 2.21. The van der Waals surface area contributed by atoms with Crippen LogP contribution in [-0.2, 0) is 19.6 Å². The summed E-state index contributed by atoms with van der Waals surface area (Å²) in [5.41, 5.74) is 3.05. The smallest absolute Gasteiger partial charge is 0.0866 e. The maximum absolute atomic E-state index is 6.37. The lowest BCUT2D eigenvalue weighted by Gasteiger charge is -2.11. The van der Waals surface area contributed by atoms with Crippen molar-refractivity contribution in [2.75, 3.05) is 6.54 Å². The van der Waals surface area contributed by atoms with Crippen molar-refractivity contribution >= 4 is 11.6 Å². The zero-order valence-corrected chi connectivity index (χ0v) is 14.0. The summed E-state index contributed by atoms with van der Waals surface area (Å²) < 4.78 is 3.94. The van der Waals surface area contributed by atoms with E-state index in [9.17, 15) is 0 Å². The molecule has 0 saturated carbocycles. The van der Waals surface area contributed by atoms with E-state index in [2.05, 4.69) is 36.3 Å². The van der Waals surface area contributed by atoms with Crippen LogP contribution in [-0.4, -0.2) is 26.1 Å². The molecule has 1 N–H and O–H groups in total. The Morgan fingerprint density at radius 1 is 1.33 bits per heavy atom. The van der Waals surface area contributed by atoms with Crippen LogP contribution in [0.1, 0.15) is 37.9 Å². The summed E-state index contributed by atoms with van der Waals surface area (Å²) >= 11 is 6.37. The van der Waals surface area contributed by atoms with Crippen molar-refractivity contribution in [3.05, 3.63) is 34.4 Å². The lowest BCUT2D eigenvalue weighted by atomic mass is 10.2. The van der Waals surface area contributed by atoms with Gasteiger partial charge in [0.1, 0.15) is 0 Å². The molecule has 0 aromatic carbocycles. The molecule has 6 heteroatoms. The minimum atomic E-state index is 0.639. The maximum atomic E-state index is 6.37. The monoisotopic (exact) mass is 309 g/mol. The van der Waals surface area contributed by atoms with Crippen molar-refractivity contribution in [1.82, 2.24) is 24.9 Å². The molecule has 0 aliphatic heterocycles. The van der Waals surface area contributed by atoms with Crippen molar-refractivity contribution in [1.29, 1.82) is 0 Å². The fourth-order valence-electron chi connectivity index (χ4n) is 2.30. The van der Waals surface area contributed by atoms with Crippen molar-refractivity contribution < 1.29 is 0 Å². The SMILES string of the molecule is CCn1nc(C)c(Cl)c1Cn1nccc1CNCC(C)C. The first-order chi connectivity index (χ1) is 10.0. The van der Waals surface area contributed by atoms with E-state index in [0.29, 0.717) is 12.5 Å². The average Bonchev–Trinajstić information content (AvgIpc) is 2.98. The zero-order chi connectivity index (χ0) is 15.4. The number of hydrogen-bond donors (Lipinski definition) is 1. The fourth-order valence-corrected chi connectivity index (χ4v) is 2.50.